The number of aromatic nitrogens is 2. The zero-order valence-electron chi connectivity index (χ0n) is 22.6. The number of carbonyl (C=O) groups excluding carboxylic acids is 2. The van der Waals surface area contributed by atoms with Gasteiger partial charge in [0.15, 0.2) is 6.10 Å². The van der Waals surface area contributed by atoms with E-state index >= 15 is 0 Å². The monoisotopic (exact) mass is 574 g/mol. The molecule has 1 saturated heterocycles. The number of alkyl carbamates (subject to hydrolysis) is 1. The summed E-state index contributed by atoms with van der Waals surface area (Å²) in [6.45, 7) is 6.55. The summed E-state index contributed by atoms with van der Waals surface area (Å²) in [4.78, 5) is 30.6. The molecule has 40 heavy (non-hydrogen) atoms. The van der Waals surface area contributed by atoms with Crippen molar-refractivity contribution < 1.29 is 45.8 Å². The lowest BCUT2D eigenvalue weighted by molar-refractivity contribution is -0.270. The first-order chi connectivity index (χ1) is 18.6. The minimum atomic E-state index is -4.89. The van der Waals surface area contributed by atoms with Gasteiger partial charge in [0.25, 0.3) is 0 Å². The van der Waals surface area contributed by atoms with Crippen molar-refractivity contribution in [3.63, 3.8) is 0 Å². The number of benzene rings is 1. The molecule has 9 nitrogen and oxygen atoms in total. The third-order valence-corrected chi connectivity index (χ3v) is 6.72. The minimum absolute atomic E-state index is 0.00298. The van der Waals surface area contributed by atoms with E-state index in [4.69, 9.17) is 14.2 Å². The van der Waals surface area contributed by atoms with Crippen molar-refractivity contribution in [2.75, 3.05) is 6.61 Å². The zero-order valence-corrected chi connectivity index (χ0v) is 22.6. The second kappa shape index (κ2) is 11.0. The van der Waals surface area contributed by atoms with Crippen LogP contribution in [-0.2, 0) is 34.3 Å². The molecule has 1 aromatic heterocycles. The number of ether oxygens (including phenoxy) is 3. The van der Waals surface area contributed by atoms with Crippen molar-refractivity contribution in [2.45, 2.75) is 83.3 Å². The van der Waals surface area contributed by atoms with Crippen molar-refractivity contribution in [3.8, 4) is 0 Å². The number of rotatable bonds is 5. The quantitative estimate of drug-likeness (QED) is 0.414. The molecule has 2 aromatic rings. The molecule has 0 saturated carbocycles. The molecule has 1 aromatic carbocycles. The van der Waals surface area contributed by atoms with Crippen molar-refractivity contribution in [3.05, 3.63) is 52.6 Å². The lowest BCUT2D eigenvalue weighted by Crippen LogP contribution is -2.59. The highest BCUT2D eigenvalue weighted by Crippen LogP contribution is 2.43. The first kappa shape index (κ1) is 29.7. The van der Waals surface area contributed by atoms with Crippen LogP contribution in [0.25, 0.3) is 0 Å². The molecule has 3 unspecified atom stereocenters. The van der Waals surface area contributed by atoms with E-state index in [0.29, 0.717) is 11.4 Å². The van der Waals surface area contributed by atoms with E-state index < -0.39 is 65.3 Å². The molecule has 0 aliphatic carbocycles. The molecule has 14 heteroatoms. The van der Waals surface area contributed by atoms with Gasteiger partial charge in [-0.3, -0.25) is 4.90 Å². The molecule has 2 aliphatic rings. The van der Waals surface area contributed by atoms with Crippen molar-refractivity contribution in [2.24, 2.45) is 7.05 Å². The molecular formula is C26H31F5N4O5. The third kappa shape index (κ3) is 6.22. The van der Waals surface area contributed by atoms with Crippen LogP contribution in [0.3, 0.4) is 0 Å². The van der Waals surface area contributed by atoms with Crippen LogP contribution in [0.5, 0.6) is 0 Å². The number of nitrogens with zero attached hydrogens (tertiary/aromatic N) is 3. The van der Waals surface area contributed by atoms with Crippen LogP contribution in [0, 0.1) is 11.6 Å². The standard InChI is InChI=1S/C26H31F5N4O5/c1-6-38-23(36)22-32-17-11-35(12-19(17)34(22)5)18-10-16(33-24(37)40-25(2,3)4)20(39-21(18)26(29,30)31)14-9-13(27)7-8-15(14)28/h7-9,16,18,20-21H,6,10-12H2,1-5H3,(H,33,37)/t16?,18?,20-,21?/m1/s1. The Morgan fingerprint density at radius 3 is 2.48 bits per heavy atom. The summed E-state index contributed by atoms with van der Waals surface area (Å²) in [5.41, 5.74) is -0.453. The van der Waals surface area contributed by atoms with E-state index in [9.17, 15) is 31.5 Å². The number of amides is 1. The van der Waals surface area contributed by atoms with Gasteiger partial charge in [0.1, 0.15) is 23.3 Å². The fourth-order valence-electron chi connectivity index (χ4n) is 5.07. The highest BCUT2D eigenvalue weighted by Gasteiger charge is 2.55. The highest BCUT2D eigenvalue weighted by molar-refractivity contribution is 5.85. The molecule has 1 amide bonds. The molecule has 0 spiro atoms. The van der Waals surface area contributed by atoms with Gasteiger partial charge in [-0.05, 0) is 52.3 Å². The van der Waals surface area contributed by atoms with E-state index in [1.54, 1.807) is 34.7 Å². The number of imidazole rings is 1. The number of nitrogens with one attached hydrogen (secondary N) is 1. The van der Waals surface area contributed by atoms with Crippen molar-refractivity contribution in [1.29, 1.82) is 0 Å². The maximum atomic E-state index is 14.8. The number of hydrogen-bond acceptors (Lipinski definition) is 7. The second-order valence-electron chi connectivity index (χ2n) is 10.8. The Balaban J connectivity index is 1.67. The Hall–Kier alpha value is -3.26. The van der Waals surface area contributed by atoms with E-state index in [0.717, 1.165) is 18.2 Å². The van der Waals surface area contributed by atoms with Crippen LogP contribution < -0.4 is 5.32 Å². The van der Waals surface area contributed by atoms with E-state index in [1.165, 1.54) is 9.47 Å². The Morgan fingerprint density at radius 2 is 1.88 bits per heavy atom. The Labute approximate surface area is 227 Å². The first-order valence-corrected chi connectivity index (χ1v) is 12.7. The van der Waals surface area contributed by atoms with Gasteiger partial charge < -0.3 is 24.1 Å². The van der Waals surface area contributed by atoms with Gasteiger partial charge in [0.2, 0.25) is 5.82 Å². The highest BCUT2D eigenvalue weighted by atomic mass is 19.4. The lowest BCUT2D eigenvalue weighted by atomic mass is 9.88. The summed E-state index contributed by atoms with van der Waals surface area (Å²) in [5.74, 6) is -2.47. The van der Waals surface area contributed by atoms with Gasteiger partial charge in [0, 0.05) is 31.7 Å². The van der Waals surface area contributed by atoms with Gasteiger partial charge in [-0.15, -0.1) is 0 Å². The van der Waals surface area contributed by atoms with Crippen LogP contribution in [0.2, 0.25) is 0 Å². The van der Waals surface area contributed by atoms with Gasteiger partial charge in [-0.2, -0.15) is 13.2 Å². The largest absolute Gasteiger partial charge is 0.460 e. The molecule has 1 N–H and O–H groups in total. The maximum absolute atomic E-state index is 14.8. The molecule has 4 rings (SSSR count). The van der Waals surface area contributed by atoms with Crippen molar-refractivity contribution >= 4 is 12.1 Å². The summed E-state index contributed by atoms with van der Waals surface area (Å²) < 4.78 is 89.3. The Bertz CT molecular complexity index is 1280. The van der Waals surface area contributed by atoms with E-state index in [1.807, 2.05) is 0 Å². The normalized spacial score (nSPS) is 23.6. The molecule has 3 heterocycles. The number of hydrogen-bond donors (Lipinski definition) is 1. The number of esters is 1. The van der Waals surface area contributed by atoms with Crippen LogP contribution in [0.4, 0.5) is 26.7 Å². The van der Waals surface area contributed by atoms with Gasteiger partial charge >= 0.3 is 18.2 Å². The second-order valence-corrected chi connectivity index (χ2v) is 10.8. The van der Waals surface area contributed by atoms with Crippen LogP contribution in [0.15, 0.2) is 18.2 Å². The number of halogens is 5. The maximum Gasteiger partial charge on any atom is 0.416 e. The SMILES string of the molecule is CCOC(=O)c1nc2c(n1C)CN(C1CC(NC(=O)OC(C)(C)C)[C@@H](c3cc(F)ccc3F)OC1C(F)(F)F)C2. The van der Waals surface area contributed by atoms with Crippen LogP contribution in [0.1, 0.15) is 67.8 Å². The number of carbonyl (C=O) groups is 2. The summed E-state index contributed by atoms with van der Waals surface area (Å²) in [6.07, 6.45) is -10.2. The topological polar surface area (TPSA) is 94.9 Å². The van der Waals surface area contributed by atoms with Gasteiger partial charge in [-0.1, -0.05) is 0 Å². The fraction of sp³-hybridized carbons (Fsp3) is 0.577. The smallest absolute Gasteiger partial charge is 0.416 e. The molecule has 1 fully saturated rings. The molecule has 220 valence electrons. The summed E-state index contributed by atoms with van der Waals surface area (Å²) in [5, 5.41) is 2.51. The first-order valence-electron chi connectivity index (χ1n) is 12.7. The minimum Gasteiger partial charge on any atom is -0.460 e. The molecule has 2 aliphatic heterocycles. The van der Waals surface area contributed by atoms with Gasteiger partial charge in [-0.25, -0.2) is 23.4 Å². The number of alkyl halides is 3. The molecule has 4 atom stereocenters. The number of fused-ring (bicyclic) bond motifs is 1. The summed E-state index contributed by atoms with van der Waals surface area (Å²) in [6, 6.07) is -0.169. The van der Waals surface area contributed by atoms with E-state index in [-0.39, 0.29) is 31.9 Å². The predicted molar refractivity (Wildman–Crippen MR) is 130 cm³/mol. The fourth-order valence-corrected chi connectivity index (χ4v) is 5.07. The third-order valence-electron chi connectivity index (χ3n) is 6.72. The average molecular weight is 575 g/mol. The summed E-state index contributed by atoms with van der Waals surface area (Å²) >= 11 is 0. The lowest BCUT2D eigenvalue weighted by Gasteiger charge is -2.45. The predicted octanol–water partition coefficient (Wildman–Crippen LogP) is 4.55. The summed E-state index contributed by atoms with van der Waals surface area (Å²) in [7, 11) is 1.57. The molecule has 0 radical (unpaired) electrons. The molecular weight excluding hydrogens is 543 g/mol. The van der Waals surface area contributed by atoms with Gasteiger partial charge in [0.05, 0.1) is 24.0 Å². The van der Waals surface area contributed by atoms with E-state index in [2.05, 4.69) is 10.3 Å². The molecule has 0 bridgehead atoms. The van der Waals surface area contributed by atoms with Crippen molar-refractivity contribution in [1.82, 2.24) is 19.8 Å². The Morgan fingerprint density at radius 1 is 1.18 bits per heavy atom. The Kier molecular flexibility index (Phi) is 8.14. The van der Waals surface area contributed by atoms with Crippen LogP contribution >= 0.6 is 0 Å². The zero-order chi connectivity index (χ0) is 29.6. The average Bonchev–Trinajstić information content (AvgIpc) is 3.38. The van der Waals surface area contributed by atoms with Crippen LogP contribution in [-0.4, -0.2) is 63.1 Å².